The zero-order valence-electron chi connectivity index (χ0n) is 8.80. The average Bonchev–Trinajstić information content (AvgIpc) is 2.79. The van der Waals surface area contributed by atoms with Gasteiger partial charge in [0.25, 0.3) is 0 Å². The maximum atomic E-state index is 5.44. The van der Waals surface area contributed by atoms with Gasteiger partial charge in [0.2, 0.25) is 0 Å². The number of thioether (sulfide) groups is 1. The molecule has 0 aliphatic rings. The van der Waals surface area contributed by atoms with Crippen LogP contribution in [-0.2, 0) is 5.75 Å². The molecular weight excluding hydrogens is 238 g/mol. The summed E-state index contributed by atoms with van der Waals surface area (Å²) in [5.74, 6) is 1.91. The molecule has 0 aliphatic heterocycles. The average molecular weight is 251 g/mol. The van der Waals surface area contributed by atoms with E-state index in [0.29, 0.717) is 0 Å². The molecule has 0 spiro atoms. The van der Waals surface area contributed by atoms with E-state index in [1.54, 1.807) is 17.5 Å². The van der Waals surface area contributed by atoms with Crippen LogP contribution in [0.2, 0.25) is 0 Å². The monoisotopic (exact) mass is 251 g/mol. The summed E-state index contributed by atoms with van der Waals surface area (Å²) in [6.07, 6.45) is 1.79. The van der Waals surface area contributed by atoms with Crippen molar-refractivity contribution in [2.75, 3.05) is 12.3 Å². The van der Waals surface area contributed by atoms with Crippen LogP contribution >= 0.6 is 23.1 Å². The molecule has 16 heavy (non-hydrogen) atoms. The fraction of sp³-hybridized carbons (Fsp3) is 0.273. The Hall–Kier alpha value is -0.910. The van der Waals surface area contributed by atoms with Crippen LogP contribution in [0.5, 0.6) is 0 Å². The Morgan fingerprint density at radius 3 is 3.06 bits per heavy atom. The van der Waals surface area contributed by atoms with Crippen molar-refractivity contribution in [2.45, 2.75) is 5.75 Å². The Kier molecular flexibility index (Phi) is 4.33. The first-order valence-corrected chi connectivity index (χ1v) is 7.07. The van der Waals surface area contributed by atoms with Gasteiger partial charge >= 0.3 is 0 Å². The van der Waals surface area contributed by atoms with Crippen LogP contribution in [0.3, 0.4) is 0 Å². The van der Waals surface area contributed by atoms with E-state index in [-0.39, 0.29) is 0 Å². The quantitative estimate of drug-likeness (QED) is 0.829. The van der Waals surface area contributed by atoms with Gasteiger partial charge in [-0.05, 0) is 12.1 Å². The predicted octanol–water partition coefficient (Wildman–Crippen LogP) is 2.40. The second kappa shape index (κ2) is 5.98. The van der Waals surface area contributed by atoms with Gasteiger partial charge in [-0.1, -0.05) is 6.07 Å². The third-order valence-electron chi connectivity index (χ3n) is 1.95. The number of aromatic nitrogens is 2. The molecule has 0 bridgehead atoms. The van der Waals surface area contributed by atoms with Crippen LogP contribution in [0.25, 0.3) is 10.7 Å². The number of pyridine rings is 1. The minimum Gasteiger partial charge on any atom is -0.330 e. The van der Waals surface area contributed by atoms with Crippen molar-refractivity contribution < 1.29 is 0 Å². The minimum absolute atomic E-state index is 0.724. The minimum atomic E-state index is 0.724. The van der Waals surface area contributed by atoms with Gasteiger partial charge in [0.15, 0.2) is 0 Å². The summed E-state index contributed by atoms with van der Waals surface area (Å²) in [5, 5.41) is 3.08. The highest BCUT2D eigenvalue weighted by Gasteiger charge is 2.04. The largest absolute Gasteiger partial charge is 0.330 e. The van der Waals surface area contributed by atoms with Crippen LogP contribution in [0, 0.1) is 0 Å². The van der Waals surface area contributed by atoms with Crippen LogP contribution in [0.15, 0.2) is 29.8 Å². The number of hydrogen-bond acceptors (Lipinski definition) is 5. The lowest BCUT2D eigenvalue weighted by atomic mass is 10.4. The highest BCUT2D eigenvalue weighted by molar-refractivity contribution is 7.98. The van der Waals surface area contributed by atoms with Crippen LogP contribution in [-0.4, -0.2) is 22.3 Å². The Bertz CT molecular complexity index is 428. The maximum Gasteiger partial charge on any atom is 0.142 e. The number of nitrogens with zero attached hydrogens (tertiary/aromatic N) is 2. The second-order valence-electron chi connectivity index (χ2n) is 3.20. The molecule has 0 saturated carbocycles. The first-order valence-electron chi connectivity index (χ1n) is 5.04. The molecule has 2 heterocycles. The maximum absolute atomic E-state index is 5.44. The van der Waals surface area contributed by atoms with Crippen molar-refractivity contribution in [1.29, 1.82) is 0 Å². The molecule has 2 N–H and O–H groups in total. The van der Waals surface area contributed by atoms with Crippen molar-refractivity contribution in [3.05, 3.63) is 35.5 Å². The van der Waals surface area contributed by atoms with E-state index in [1.807, 2.05) is 30.0 Å². The van der Waals surface area contributed by atoms with Gasteiger partial charge in [-0.2, -0.15) is 11.8 Å². The van der Waals surface area contributed by atoms with E-state index < -0.39 is 0 Å². The number of rotatable bonds is 5. The molecule has 0 unspecified atom stereocenters. The highest BCUT2D eigenvalue weighted by atomic mass is 32.2. The lowest BCUT2D eigenvalue weighted by molar-refractivity contribution is 1.14. The van der Waals surface area contributed by atoms with Crippen LogP contribution < -0.4 is 5.73 Å². The molecule has 0 fully saturated rings. The van der Waals surface area contributed by atoms with Gasteiger partial charge in [-0.3, -0.25) is 4.98 Å². The molecule has 2 aromatic rings. The molecule has 84 valence electrons. The number of hydrogen-bond donors (Lipinski definition) is 1. The molecule has 0 amide bonds. The van der Waals surface area contributed by atoms with Gasteiger partial charge in [0.1, 0.15) is 5.01 Å². The van der Waals surface area contributed by atoms with Gasteiger partial charge in [-0.25, -0.2) is 4.98 Å². The SMILES string of the molecule is NCCSCc1csc(-c2ccccn2)n1. The number of nitrogens with two attached hydrogens (primary N) is 1. The molecule has 0 radical (unpaired) electrons. The van der Waals surface area contributed by atoms with Crippen LogP contribution in [0.4, 0.5) is 0 Å². The summed E-state index contributed by atoms with van der Waals surface area (Å²) in [6, 6.07) is 5.87. The first-order chi connectivity index (χ1) is 7.90. The summed E-state index contributed by atoms with van der Waals surface area (Å²) >= 11 is 3.46. The highest BCUT2D eigenvalue weighted by Crippen LogP contribution is 2.23. The summed E-state index contributed by atoms with van der Waals surface area (Å²) in [7, 11) is 0. The van der Waals surface area contributed by atoms with Gasteiger partial charge < -0.3 is 5.73 Å². The topological polar surface area (TPSA) is 51.8 Å². The number of thiazole rings is 1. The van der Waals surface area contributed by atoms with E-state index >= 15 is 0 Å². The van der Waals surface area contributed by atoms with Crippen molar-refractivity contribution >= 4 is 23.1 Å². The van der Waals surface area contributed by atoms with Crippen molar-refractivity contribution in [2.24, 2.45) is 5.73 Å². The molecule has 0 saturated heterocycles. The molecule has 2 aromatic heterocycles. The summed E-state index contributed by atoms with van der Waals surface area (Å²) < 4.78 is 0. The normalized spacial score (nSPS) is 10.6. The zero-order valence-corrected chi connectivity index (χ0v) is 10.4. The first kappa shape index (κ1) is 11.6. The third kappa shape index (κ3) is 3.04. The Morgan fingerprint density at radius 1 is 1.38 bits per heavy atom. The molecule has 0 aliphatic carbocycles. The standard InChI is InChI=1S/C11H13N3S2/c12-4-6-15-7-9-8-16-11(14-9)10-3-1-2-5-13-10/h1-3,5,8H,4,6-7,12H2. The molecule has 0 atom stereocenters. The van der Waals surface area contributed by atoms with Crippen molar-refractivity contribution in [3.63, 3.8) is 0 Å². The molecule has 0 aromatic carbocycles. The van der Waals surface area contributed by atoms with Crippen molar-refractivity contribution in [3.8, 4) is 10.7 Å². The van der Waals surface area contributed by atoms with Gasteiger partial charge in [0, 0.05) is 29.6 Å². The van der Waals surface area contributed by atoms with E-state index in [0.717, 1.165) is 34.4 Å². The van der Waals surface area contributed by atoms with E-state index in [2.05, 4.69) is 15.3 Å². The van der Waals surface area contributed by atoms with E-state index in [4.69, 9.17) is 5.73 Å². The zero-order chi connectivity index (χ0) is 11.2. The molecular formula is C11H13N3S2. The fourth-order valence-corrected chi connectivity index (χ4v) is 2.81. The van der Waals surface area contributed by atoms with Crippen LogP contribution in [0.1, 0.15) is 5.69 Å². The summed E-state index contributed by atoms with van der Waals surface area (Å²) in [6.45, 7) is 0.724. The smallest absolute Gasteiger partial charge is 0.142 e. The Morgan fingerprint density at radius 2 is 2.31 bits per heavy atom. The van der Waals surface area contributed by atoms with Gasteiger partial charge in [0.05, 0.1) is 11.4 Å². The second-order valence-corrected chi connectivity index (χ2v) is 5.16. The molecule has 3 nitrogen and oxygen atoms in total. The van der Waals surface area contributed by atoms with Gasteiger partial charge in [-0.15, -0.1) is 11.3 Å². The third-order valence-corrected chi connectivity index (χ3v) is 3.89. The predicted molar refractivity (Wildman–Crippen MR) is 70.6 cm³/mol. The fourth-order valence-electron chi connectivity index (χ4n) is 1.24. The lowest BCUT2D eigenvalue weighted by Crippen LogP contribution is -2.01. The molecule has 5 heteroatoms. The van der Waals surface area contributed by atoms with E-state index in [1.165, 1.54) is 0 Å². The molecule has 2 rings (SSSR count). The summed E-state index contributed by atoms with van der Waals surface area (Å²) in [5.41, 5.74) is 7.50. The lowest BCUT2D eigenvalue weighted by Gasteiger charge is -1.95. The Balaban J connectivity index is 2.02. The summed E-state index contributed by atoms with van der Waals surface area (Å²) in [4.78, 5) is 8.83. The Labute approximate surface area is 103 Å². The van der Waals surface area contributed by atoms with Crippen molar-refractivity contribution in [1.82, 2.24) is 9.97 Å². The van der Waals surface area contributed by atoms with E-state index in [9.17, 15) is 0 Å².